The quantitative estimate of drug-likeness (QED) is 0.612. The Hall–Kier alpha value is -1.20. The maximum atomic E-state index is 11.8. The van der Waals surface area contributed by atoms with Crippen molar-refractivity contribution < 1.29 is 13.2 Å². The molecule has 0 atom stereocenters. The number of carbonyl (C=O) groups excluding carboxylic acids is 1. The summed E-state index contributed by atoms with van der Waals surface area (Å²) < 4.78 is 23.7. The van der Waals surface area contributed by atoms with Crippen LogP contribution < -0.4 is 5.32 Å². The summed E-state index contributed by atoms with van der Waals surface area (Å²) in [6.07, 6.45) is 0.789. The van der Waals surface area contributed by atoms with Crippen molar-refractivity contribution in [1.29, 1.82) is 0 Å². The van der Waals surface area contributed by atoms with Crippen LogP contribution in [0.15, 0.2) is 29.2 Å². The standard InChI is InChI=1S/C12H17NO3S/c1-10(2)17(15,16)12-5-3-11(4-6-12)9-13-7-8-14/h3-6,8,10,13H,7,9H2,1-2H3. The maximum Gasteiger partial charge on any atom is 0.180 e. The zero-order valence-corrected chi connectivity index (χ0v) is 10.8. The van der Waals surface area contributed by atoms with Gasteiger partial charge in [-0.05, 0) is 31.5 Å². The minimum absolute atomic E-state index is 0.298. The minimum Gasteiger partial charge on any atom is -0.306 e. The highest BCUT2D eigenvalue weighted by Gasteiger charge is 2.18. The van der Waals surface area contributed by atoms with Crippen LogP contribution >= 0.6 is 0 Å². The third-order valence-corrected chi connectivity index (χ3v) is 4.60. The zero-order valence-electron chi connectivity index (χ0n) is 10.0. The fraction of sp³-hybridized carbons (Fsp3) is 0.417. The summed E-state index contributed by atoms with van der Waals surface area (Å²) in [5.74, 6) is 0. The van der Waals surface area contributed by atoms with Gasteiger partial charge in [-0.3, -0.25) is 0 Å². The van der Waals surface area contributed by atoms with E-state index in [9.17, 15) is 13.2 Å². The van der Waals surface area contributed by atoms with Gasteiger partial charge in [-0.25, -0.2) is 8.42 Å². The maximum absolute atomic E-state index is 11.8. The Kier molecular flexibility index (Phi) is 4.84. The first-order chi connectivity index (χ1) is 7.98. The van der Waals surface area contributed by atoms with E-state index in [1.165, 1.54) is 0 Å². The minimum atomic E-state index is -3.20. The molecule has 1 N–H and O–H groups in total. The molecule has 0 aliphatic carbocycles. The normalized spacial score (nSPS) is 11.7. The van der Waals surface area contributed by atoms with Gasteiger partial charge in [0.05, 0.1) is 16.7 Å². The van der Waals surface area contributed by atoms with Crippen LogP contribution in [0, 0.1) is 0 Å². The summed E-state index contributed by atoms with van der Waals surface area (Å²) in [6, 6.07) is 6.72. The number of sulfone groups is 1. The van der Waals surface area contributed by atoms with E-state index >= 15 is 0 Å². The summed E-state index contributed by atoms with van der Waals surface area (Å²) in [6.45, 7) is 4.18. The van der Waals surface area contributed by atoms with Crippen LogP contribution in [0.4, 0.5) is 0 Å². The van der Waals surface area contributed by atoms with Crippen LogP contribution in [0.2, 0.25) is 0 Å². The summed E-state index contributed by atoms with van der Waals surface area (Å²) in [7, 11) is -3.20. The van der Waals surface area contributed by atoms with Crippen molar-refractivity contribution in [3.8, 4) is 0 Å². The molecule has 0 spiro atoms. The molecule has 0 heterocycles. The Balaban J connectivity index is 2.78. The molecule has 0 bridgehead atoms. The lowest BCUT2D eigenvalue weighted by molar-refractivity contribution is -0.107. The summed E-state index contributed by atoms with van der Waals surface area (Å²) in [5, 5.41) is 2.50. The number of aldehydes is 1. The average molecular weight is 255 g/mol. The highest BCUT2D eigenvalue weighted by molar-refractivity contribution is 7.92. The Morgan fingerprint density at radius 3 is 2.29 bits per heavy atom. The molecule has 0 radical (unpaired) electrons. The van der Waals surface area contributed by atoms with Crippen molar-refractivity contribution in [1.82, 2.24) is 5.32 Å². The predicted molar refractivity (Wildman–Crippen MR) is 66.5 cm³/mol. The lowest BCUT2D eigenvalue weighted by Crippen LogP contribution is -2.16. The molecule has 0 aromatic heterocycles. The van der Waals surface area contributed by atoms with Crippen LogP contribution in [0.5, 0.6) is 0 Å². The molecule has 0 aliphatic rings. The molecule has 17 heavy (non-hydrogen) atoms. The summed E-state index contributed by atoms with van der Waals surface area (Å²) >= 11 is 0. The number of carbonyl (C=O) groups is 1. The molecule has 0 amide bonds. The topological polar surface area (TPSA) is 63.2 Å². The Labute approximate surface area is 102 Å². The van der Waals surface area contributed by atoms with Gasteiger partial charge in [0.1, 0.15) is 6.29 Å². The first-order valence-corrected chi connectivity index (χ1v) is 7.00. The number of rotatable bonds is 6. The van der Waals surface area contributed by atoms with Gasteiger partial charge < -0.3 is 10.1 Å². The molecule has 1 aromatic carbocycles. The van der Waals surface area contributed by atoms with Crippen LogP contribution in [0.25, 0.3) is 0 Å². The Morgan fingerprint density at radius 2 is 1.82 bits per heavy atom. The van der Waals surface area contributed by atoms with Crippen molar-refractivity contribution in [2.45, 2.75) is 30.5 Å². The van der Waals surface area contributed by atoms with Gasteiger partial charge in [0.2, 0.25) is 0 Å². The average Bonchev–Trinajstić information content (AvgIpc) is 2.30. The molecule has 1 aromatic rings. The third-order valence-electron chi connectivity index (χ3n) is 2.43. The summed E-state index contributed by atoms with van der Waals surface area (Å²) in [5.41, 5.74) is 0.953. The van der Waals surface area contributed by atoms with E-state index in [-0.39, 0.29) is 0 Å². The monoisotopic (exact) mass is 255 g/mol. The van der Waals surface area contributed by atoms with Gasteiger partial charge in [0, 0.05) is 6.54 Å². The smallest absolute Gasteiger partial charge is 0.180 e. The van der Waals surface area contributed by atoms with E-state index in [0.717, 1.165) is 11.8 Å². The first kappa shape index (κ1) is 13.9. The largest absolute Gasteiger partial charge is 0.306 e. The lowest BCUT2D eigenvalue weighted by Gasteiger charge is -2.08. The molecule has 1 rings (SSSR count). The summed E-state index contributed by atoms with van der Waals surface area (Å²) in [4.78, 5) is 10.5. The molecule has 4 nitrogen and oxygen atoms in total. The molecule has 0 aliphatic heterocycles. The van der Waals surface area contributed by atoms with Gasteiger partial charge in [0.15, 0.2) is 9.84 Å². The molecule has 94 valence electrons. The number of nitrogens with one attached hydrogen (secondary N) is 1. The molecule has 0 unspecified atom stereocenters. The Morgan fingerprint density at radius 1 is 1.24 bits per heavy atom. The van der Waals surface area contributed by atoms with E-state index in [1.54, 1.807) is 38.1 Å². The van der Waals surface area contributed by atoms with Crippen LogP contribution in [-0.4, -0.2) is 26.5 Å². The zero-order chi connectivity index (χ0) is 12.9. The van der Waals surface area contributed by atoms with Gasteiger partial charge in [-0.1, -0.05) is 12.1 Å². The highest BCUT2D eigenvalue weighted by Crippen LogP contribution is 2.16. The lowest BCUT2D eigenvalue weighted by atomic mass is 10.2. The van der Waals surface area contributed by atoms with E-state index < -0.39 is 15.1 Å². The predicted octanol–water partition coefficient (Wildman–Crippen LogP) is 1.16. The van der Waals surface area contributed by atoms with Gasteiger partial charge >= 0.3 is 0 Å². The van der Waals surface area contributed by atoms with Crippen LogP contribution in [0.3, 0.4) is 0 Å². The molecule has 0 saturated carbocycles. The molecule has 5 heteroatoms. The van der Waals surface area contributed by atoms with Gasteiger partial charge in [-0.2, -0.15) is 0 Å². The van der Waals surface area contributed by atoms with Crippen molar-refractivity contribution in [2.24, 2.45) is 0 Å². The second kappa shape index (κ2) is 5.93. The van der Waals surface area contributed by atoms with E-state index in [2.05, 4.69) is 5.32 Å². The van der Waals surface area contributed by atoms with Gasteiger partial charge in [0.25, 0.3) is 0 Å². The van der Waals surface area contributed by atoms with Crippen molar-refractivity contribution in [3.05, 3.63) is 29.8 Å². The van der Waals surface area contributed by atoms with Crippen molar-refractivity contribution in [2.75, 3.05) is 6.54 Å². The molecule has 0 saturated heterocycles. The van der Waals surface area contributed by atoms with Crippen molar-refractivity contribution in [3.63, 3.8) is 0 Å². The fourth-order valence-corrected chi connectivity index (χ4v) is 2.40. The van der Waals surface area contributed by atoms with Gasteiger partial charge in [-0.15, -0.1) is 0 Å². The molecule has 0 fully saturated rings. The second-order valence-corrected chi connectivity index (χ2v) is 6.54. The molecular weight excluding hydrogens is 238 g/mol. The van der Waals surface area contributed by atoms with E-state index in [4.69, 9.17) is 0 Å². The highest BCUT2D eigenvalue weighted by atomic mass is 32.2. The molecular formula is C12H17NO3S. The van der Waals surface area contributed by atoms with Crippen molar-refractivity contribution >= 4 is 16.1 Å². The Bertz CT molecular complexity index is 463. The first-order valence-electron chi connectivity index (χ1n) is 5.45. The van der Waals surface area contributed by atoms with Crippen LogP contribution in [-0.2, 0) is 21.2 Å². The van der Waals surface area contributed by atoms with Crippen LogP contribution in [0.1, 0.15) is 19.4 Å². The number of hydrogen-bond acceptors (Lipinski definition) is 4. The number of benzene rings is 1. The fourth-order valence-electron chi connectivity index (χ4n) is 1.34. The number of hydrogen-bond donors (Lipinski definition) is 1. The van der Waals surface area contributed by atoms with E-state index in [1.807, 2.05) is 0 Å². The van der Waals surface area contributed by atoms with E-state index in [0.29, 0.717) is 18.0 Å². The second-order valence-electron chi connectivity index (χ2n) is 4.04. The SMILES string of the molecule is CC(C)S(=O)(=O)c1ccc(CNCC=O)cc1. The third kappa shape index (κ3) is 3.64.